The van der Waals surface area contributed by atoms with Crippen LogP contribution in [0.1, 0.15) is 12.5 Å². The second-order valence-electron chi connectivity index (χ2n) is 5.23. The number of carbonyl (C=O) groups is 1. The van der Waals surface area contributed by atoms with Gasteiger partial charge in [0.25, 0.3) is 0 Å². The molecule has 6 heteroatoms. The summed E-state index contributed by atoms with van der Waals surface area (Å²) in [6, 6.07) is 10.7. The zero-order valence-corrected chi connectivity index (χ0v) is 15.4. The van der Waals surface area contributed by atoms with Crippen LogP contribution in [0.15, 0.2) is 42.5 Å². The first-order chi connectivity index (χ1) is 12.6. The topological polar surface area (TPSA) is 66.0 Å². The molecule has 2 rings (SSSR count). The fourth-order valence-electron chi connectivity index (χ4n) is 2.32. The van der Waals surface area contributed by atoms with E-state index in [9.17, 15) is 4.79 Å². The van der Waals surface area contributed by atoms with Crippen molar-refractivity contribution in [2.24, 2.45) is 0 Å². The maximum absolute atomic E-state index is 12.2. The first-order valence-corrected chi connectivity index (χ1v) is 8.13. The van der Waals surface area contributed by atoms with Crippen LogP contribution in [0.4, 0.5) is 5.69 Å². The van der Waals surface area contributed by atoms with Crippen molar-refractivity contribution in [2.45, 2.75) is 6.92 Å². The van der Waals surface area contributed by atoms with E-state index in [-0.39, 0.29) is 5.91 Å². The van der Waals surface area contributed by atoms with Gasteiger partial charge in [-0.25, -0.2) is 0 Å². The van der Waals surface area contributed by atoms with E-state index in [2.05, 4.69) is 5.32 Å². The highest BCUT2D eigenvalue weighted by molar-refractivity contribution is 6.02. The van der Waals surface area contributed by atoms with Crippen LogP contribution in [0.3, 0.4) is 0 Å². The van der Waals surface area contributed by atoms with E-state index >= 15 is 0 Å². The normalized spacial score (nSPS) is 10.5. The zero-order chi connectivity index (χ0) is 18.9. The number of hydrogen-bond acceptors (Lipinski definition) is 5. The van der Waals surface area contributed by atoms with Gasteiger partial charge in [-0.3, -0.25) is 4.79 Å². The van der Waals surface area contributed by atoms with Crippen molar-refractivity contribution in [2.75, 3.05) is 33.3 Å². The summed E-state index contributed by atoms with van der Waals surface area (Å²) in [5, 5.41) is 2.78. The number of amides is 1. The summed E-state index contributed by atoms with van der Waals surface area (Å²) in [5.74, 6) is 2.17. The quantitative estimate of drug-likeness (QED) is 0.729. The first-order valence-electron chi connectivity index (χ1n) is 8.13. The van der Waals surface area contributed by atoms with Gasteiger partial charge in [-0.1, -0.05) is 6.07 Å². The standard InChI is InChI=1S/C20H23NO5/c1-5-26-19-12-14(6-9-18(19)25-4)7-11-20(22)21-16-13-15(23-2)8-10-17(16)24-3/h6-13H,5H2,1-4H3,(H,21,22)/b11-7+. The highest BCUT2D eigenvalue weighted by atomic mass is 16.5. The average molecular weight is 357 g/mol. The molecule has 6 nitrogen and oxygen atoms in total. The molecule has 0 aliphatic heterocycles. The second kappa shape index (κ2) is 9.36. The summed E-state index contributed by atoms with van der Waals surface area (Å²) >= 11 is 0. The van der Waals surface area contributed by atoms with E-state index in [0.717, 1.165) is 5.56 Å². The molecule has 2 aromatic carbocycles. The molecule has 0 saturated carbocycles. The van der Waals surface area contributed by atoms with Crippen LogP contribution in [-0.2, 0) is 4.79 Å². The molecule has 0 aliphatic carbocycles. The number of methoxy groups -OCH3 is 3. The van der Waals surface area contributed by atoms with E-state index in [4.69, 9.17) is 18.9 Å². The molecule has 0 spiro atoms. The summed E-state index contributed by atoms with van der Waals surface area (Å²) in [6.45, 7) is 2.43. The summed E-state index contributed by atoms with van der Waals surface area (Å²) in [6.07, 6.45) is 3.14. The Kier molecular flexibility index (Phi) is 6.91. The summed E-state index contributed by atoms with van der Waals surface area (Å²) in [7, 11) is 4.69. The monoisotopic (exact) mass is 357 g/mol. The molecule has 0 saturated heterocycles. The fraction of sp³-hybridized carbons (Fsp3) is 0.250. The lowest BCUT2D eigenvalue weighted by molar-refractivity contribution is -0.111. The van der Waals surface area contributed by atoms with Gasteiger partial charge in [0, 0.05) is 12.1 Å². The largest absolute Gasteiger partial charge is 0.497 e. The van der Waals surface area contributed by atoms with Gasteiger partial charge in [0.15, 0.2) is 11.5 Å². The maximum Gasteiger partial charge on any atom is 0.248 e. The second-order valence-corrected chi connectivity index (χ2v) is 5.23. The minimum absolute atomic E-state index is 0.287. The van der Waals surface area contributed by atoms with Crippen LogP contribution in [0.2, 0.25) is 0 Å². The van der Waals surface area contributed by atoms with Crippen molar-refractivity contribution in [3.8, 4) is 23.0 Å². The van der Waals surface area contributed by atoms with Crippen LogP contribution in [0.25, 0.3) is 6.08 Å². The number of rotatable bonds is 8. The number of ether oxygens (including phenoxy) is 4. The van der Waals surface area contributed by atoms with Crippen molar-refractivity contribution in [1.82, 2.24) is 0 Å². The molecule has 0 unspecified atom stereocenters. The summed E-state index contributed by atoms with van der Waals surface area (Å²) < 4.78 is 21.2. The summed E-state index contributed by atoms with van der Waals surface area (Å²) in [4.78, 5) is 12.2. The van der Waals surface area contributed by atoms with E-state index in [1.54, 1.807) is 51.7 Å². The SMILES string of the molecule is CCOc1cc(/C=C/C(=O)Nc2cc(OC)ccc2OC)ccc1OC. The van der Waals surface area contributed by atoms with Gasteiger partial charge in [0.1, 0.15) is 11.5 Å². The van der Waals surface area contributed by atoms with Gasteiger partial charge in [0.05, 0.1) is 33.6 Å². The Hall–Kier alpha value is -3.15. The predicted octanol–water partition coefficient (Wildman–Crippen LogP) is 3.76. The molecule has 0 atom stereocenters. The van der Waals surface area contributed by atoms with E-state index in [0.29, 0.717) is 35.3 Å². The Morgan fingerprint density at radius 1 is 0.962 bits per heavy atom. The molecule has 0 aliphatic rings. The molecule has 138 valence electrons. The number of carbonyl (C=O) groups excluding carboxylic acids is 1. The smallest absolute Gasteiger partial charge is 0.248 e. The first kappa shape index (κ1) is 19.2. The van der Waals surface area contributed by atoms with Gasteiger partial charge >= 0.3 is 0 Å². The Morgan fingerprint density at radius 3 is 2.35 bits per heavy atom. The highest BCUT2D eigenvalue weighted by Crippen LogP contribution is 2.30. The zero-order valence-electron chi connectivity index (χ0n) is 15.4. The number of nitrogens with one attached hydrogen (secondary N) is 1. The van der Waals surface area contributed by atoms with Crippen LogP contribution in [0, 0.1) is 0 Å². The van der Waals surface area contributed by atoms with Crippen molar-refractivity contribution in [1.29, 1.82) is 0 Å². The minimum atomic E-state index is -0.287. The van der Waals surface area contributed by atoms with Crippen molar-refractivity contribution in [3.63, 3.8) is 0 Å². The Balaban J connectivity index is 2.13. The third-order valence-electron chi connectivity index (χ3n) is 3.58. The molecular weight excluding hydrogens is 334 g/mol. The Labute approximate surface area is 153 Å². The lowest BCUT2D eigenvalue weighted by Gasteiger charge is -2.11. The lowest BCUT2D eigenvalue weighted by Crippen LogP contribution is -2.09. The maximum atomic E-state index is 12.2. The molecule has 0 fully saturated rings. The molecule has 0 radical (unpaired) electrons. The van der Waals surface area contributed by atoms with Gasteiger partial charge in [-0.15, -0.1) is 0 Å². The lowest BCUT2D eigenvalue weighted by atomic mass is 10.2. The summed E-state index contributed by atoms with van der Waals surface area (Å²) in [5.41, 5.74) is 1.35. The van der Waals surface area contributed by atoms with E-state index < -0.39 is 0 Å². The molecular formula is C20H23NO5. The van der Waals surface area contributed by atoms with E-state index in [1.165, 1.54) is 6.08 Å². The Morgan fingerprint density at radius 2 is 1.69 bits per heavy atom. The van der Waals surface area contributed by atoms with Crippen molar-refractivity contribution < 1.29 is 23.7 Å². The van der Waals surface area contributed by atoms with Gasteiger partial charge in [-0.2, -0.15) is 0 Å². The molecule has 2 aromatic rings. The van der Waals surface area contributed by atoms with Gasteiger partial charge < -0.3 is 24.3 Å². The molecule has 1 N–H and O–H groups in total. The van der Waals surface area contributed by atoms with Crippen LogP contribution in [0.5, 0.6) is 23.0 Å². The number of benzene rings is 2. The molecule has 0 bridgehead atoms. The van der Waals surface area contributed by atoms with Crippen molar-refractivity contribution in [3.05, 3.63) is 48.0 Å². The average Bonchev–Trinajstić information content (AvgIpc) is 2.66. The minimum Gasteiger partial charge on any atom is -0.497 e. The molecule has 0 heterocycles. The number of hydrogen-bond donors (Lipinski definition) is 1. The van der Waals surface area contributed by atoms with Crippen LogP contribution < -0.4 is 24.3 Å². The van der Waals surface area contributed by atoms with Crippen molar-refractivity contribution >= 4 is 17.7 Å². The Bertz CT molecular complexity index is 786. The predicted molar refractivity (Wildman–Crippen MR) is 101 cm³/mol. The third-order valence-corrected chi connectivity index (χ3v) is 3.58. The molecule has 1 amide bonds. The van der Waals surface area contributed by atoms with E-state index in [1.807, 2.05) is 19.1 Å². The van der Waals surface area contributed by atoms with Gasteiger partial charge in [-0.05, 0) is 42.8 Å². The molecule has 26 heavy (non-hydrogen) atoms. The van der Waals surface area contributed by atoms with Gasteiger partial charge in [0.2, 0.25) is 5.91 Å². The highest BCUT2D eigenvalue weighted by Gasteiger charge is 2.08. The fourth-order valence-corrected chi connectivity index (χ4v) is 2.32. The number of anilines is 1. The van der Waals surface area contributed by atoms with Crippen LogP contribution in [-0.4, -0.2) is 33.8 Å². The third kappa shape index (κ3) is 4.92. The molecule has 0 aromatic heterocycles. The van der Waals surface area contributed by atoms with Crippen LogP contribution >= 0.6 is 0 Å².